The number of nitrogens with zero attached hydrogens (tertiary/aromatic N) is 3. The molecule has 0 bridgehead atoms. The summed E-state index contributed by atoms with van der Waals surface area (Å²) in [5, 5.41) is 19.0. The Bertz CT molecular complexity index is 1210. The van der Waals surface area contributed by atoms with Crippen LogP contribution in [-0.4, -0.2) is 77.9 Å². The zero-order valence-corrected chi connectivity index (χ0v) is 24.1. The molecule has 216 valence electrons. The maximum atomic E-state index is 13.2. The number of fused-ring (bicyclic) bond motifs is 1. The van der Waals surface area contributed by atoms with Gasteiger partial charge in [-0.25, -0.2) is 4.79 Å². The molecule has 0 unspecified atom stereocenters. The third-order valence-corrected chi connectivity index (χ3v) is 12.8. The van der Waals surface area contributed by atoms with Gasteiger partial charge in [0.15, 0.2) is 14.1 Å². The molecule has 1 aromatic heterocycles. The molecule has 1 aliphatic carbocycles. The van der Waals surface area contributed by atoms with E-state index in [1.807, 2.05) is 0 Å². The van der Waals surface area contributed by atoms with Crippen LogP contribution in [0.3, 0.4) is 0 Å². The van der Waals surface area contributed by atoms with Gasteiger partial charge in [0.25, 0.3) is 0 Å². The van der Waals surface area contributed by atoms with Gasteiger partial charge in [-0.3, -0.25) is 9.69 Å². The van der Waals surface area contributed by atoms with Crippen molar-refractivity contribution in [3.05, 3.63) is 23.8 Å². The minimum Gasteiger partial charge on any atom is -0.463 e. The van der Waals surface area contributed by atoms with E-state index in [9.17, 15) is 27.9 Å². The van der Waals surface area contributed by atoms with Crippen LogP contribution in [0.2, 0.25) is 18.1 Å². The summed E-state index contributed by atoms with van der Waals surface area (Å²) in [6.07, 6.45) is -1.49. The summed E-state index contributed by atoms with van der Waals surface area (Å²) >= 11 is 0. The summed E-state index contributed by atoms with van der Waals surface area (Å²) in [5.74, 6) is -0.434. The van der Waals surface area contributed by atoms with Gasteiger partial charge in [-0.05, 0) is 62.0 Å². The van der Waals surface area contributed by atoms with Crippen molar-refractivity contribution in [3.8, 4) is 0 Å². The van der Waals surface area contributed by atoms with Crippen molar-refractivity contribution in [2.24, 2.45) is 0 Å². The van der Waals surface area contributed by atoms with Crippen molar-refractivity contribution >= 4 is 37.0 Å². The Morgan fingerprint density at radius 2 is 1.77 bits per heavy atom. The lowest BCUT2D eigenvalue weighted by Crippen LogP contribution is -2.63. The van der Waals surface area contributed by atoms with E-state index >= 15 is 0 Å². The maximum absolute atomic E-state index is 13.2. The van der Waals surface area contributed by atoms with E-state index in [1.165, 1.54) is 0 Å². The van der Waals surface area contributed by atoms with Crippen molar-refractivity contribution in [2.75, 3.05) is 25.0 Å². The molecule has 0 spiro atoms. The number of hydrogen-bond acceptors (Lipinski definition) is 6. The highest BCUT2D eigenvalue weighted by molar-refractivity contribution is 6.74. The molecule has 1 aliphatic heterocycles. The quantitative estimate of drug-likeness (QED) is 0.397. The second-order valence-electron chi connectivity index (χ2n) is 12.2. The van der Waals surface area contributed by atoms with Gasteiger partial charge in [0, 0.05) is 30.6 Å². The third-order valence-electron chi connectivity index (χ3n) is 8.31. The number of carbonyl (C=O) groups is 2. The zero-order valence-electron chi connectivity index (χ0n) is 23.1. The second kappa shape index (κ2) is 10.7. The van der Waals surface area contributed by atoms with Crippen LogP contribution in [0.1, 0.15) is 52.0 Å². The number of benzene rings is 1. The van der Waals surface area contributed by atoms with Gasteiger partial charge in [-0.1, -0.05) is 20.8 Å². The standard InChI is InChI=1S/C26H38F3N5O4Si/c1-25(2,3)39(4,5)38-19-9-7-18(8-10-19)33-14-17(15-33)31-22(35)13-30-23-20-12-16(26(27,28)29)6-11-21(20)34(32-23)24(36)37/h6,11-12,17-19H,7-10,13-15H2,1-5H3,(H,30,32)(H,31,35)(H,36,37). The number of hydrogen-bond donors (Lipinski definition) is 3. The smallest absolute Gasteiger partial charge is 0.432 e. The molecule has 0 radical (unpaired) electrons. The Morgan fingerprint density at radius 1 is 1.13 bits per heavy atom. The van der Waals surface area contributed by atoms with Crippen LogP contribution in [0.15, 0.2) is 18.2 Å². The van der Waals surface area contributed by atoms with Crippen LogP contribution in [-0.2, 0) is 15.4 Å². The van der Waals surface area contributed by atoms with Gasteiger partial charge in [-0.2, -0.15) is 17.9 Å². The first-order valence-electron chi connectivity index (χ1n) is 13.3. The summed E-state index contributed by atoms with van der Waals surface area (Å²) in [4.78, 5) is 26.4. The number of carbonyl (C=O) groups excluding carboxylic acids is 1. The van der Waals surface area contributed by atoms with E-state index in [-0.39, 0.29) is 40.3 Å². The van der Waals surface area contributed by atoms with Gasteiger partial charge in [-0.15, -0.1) is 5.10 Å². The summed E-state index contributed by atoms with van der Waals surface area (Å²) in [6, 6.07) is 3.16. The highest BCUT2D eigenvalue weighted by Crippen LogP contribution is 2.40. The van der Waals surface area contributed by atoms with Crippen molar-refractivity contribution in [2.45, 2.75) is 89.0 Å². The number of aromatic nitrogens is 2. The molecule has 2 aromatic rings. The van der Waals surface area contributed by atoms with E-state index < -0.39 is 26.2 Å². The molecule has 2 aliphatic rings. The van der Waals surface area contributed by atoms with Gasteiger partial charge in [0.2, 0.25) is 5.91 Å². The molecule has 1 aromatic carbocycles. The minimum atomic E-state index is -4.60. The number of carboxylic acid groups (broad SMARTS) is 1. The van der Waals surface area contributed by atoms with E-state index in [2.05, 4.69) is 54.5 Å². The molecular formula is C26H38F3N5O4Si. The number of halogens is 3. The van der Waals surface area contributed by atoms with E-state index in [4.69, 9.17) is 4.43 Å². The highest BCUT2D eigenvalue weighted by Gasteiger charge is 2.41. The number of likely N-dealkylation sites (tertiary alicyclic amines) is 1. The third kappa shape index (κ3) is 6.57. The summed E-state index contributed by atoms with van der Waals surface area (Å²) < 4.78 is 46.7. The molecule has 4 rings (SSSR count). The first kappa shape index (κ1) is 29.3. The van der Waals surface area contributed by atoms with Gasteiger partial charge < -0.3 is 20.2 Å². The highest BCUT2D eigenvalue weighted by atomic mass is 28.4. The molecular weight excluding hydrogens is 531 g/mol. The van der Waals surface area contributed by atoms with Crippen molar-refractivity contribution in [1.82, 2.24) is 20.0 Å². The number of anilines is 1. The molecule has 1 saturated heterocycles. The van der Waals surface area contributed by atoms with Crippen LogP contribution in [0, 0.1) is 0 Å². The van der Waals surface area contributed by atoms with Crippen molar-refractivity contribution < 1.29 is 32.3 Å². The number of alkyl halides is 3. The van der Waals surface area contributed by atoms with Gasteiger partial charge in [0.05, 0.1) is 23.7 Å². The predicted molar refractivity (Wildman–Crippen MR) is 144 cm³/mol. The summed E-state index contributed by atoms with van der Waals surface area (Å²) in [7, 11) is -1.78. The molecule has 39 heavy (non-hydrogen) atoms. The average Bonchev–Trinajstić information content (AvgIpc) is 3.17. The van der Waals surface area contributed by atoms with Gasteiger partial charge >= 0.3 is 12.3 Å². The Kier molecular flexibility index (Phi) is 8.08. The van der Waals surface area contributed by atoms with Crippen LogP contribution in [0.5, 0.6) is 0 Å². The second-order valence-corrected chi connectivity index (χ2v) is 16.9. The monoisotopic (exact) mass is 569 g/mol. The largest absolute Gasteiger partial charge is 0.463 e. The van der Waals surface area contributed by atoms with E-state index in [0.29, 0.717) is 16.8 Å². The fourth-order valence-electron chi connectivity index (χ4n) is 5.04. The molecule has 3 N–H and O–H groups in total. The molecule has 13 heteroatoms. The molecule has 0 atom stereocenters. The Balaban J connectivity index is 1.25. The first-order chi connectivity index (χ1) is 18.0. The summed E-state index contributed by atoms with van der Waals surface area (Å²) in [5.41, 5.74) is -0.930. The Morgan fingerprint density at radius 3 is 2.33 bits per heavy atom. The lowest BCUT2D eigenvalue weighted by Gasteiger charge is -2.48. The number of amides is 1. The van der Waals surface area contributed by atoms with Crippen LogP contribution in [0.4, 0.5) is 23.8 Å². The van der Waals surface area contributed by atoms with Crippen molar-refractivity contribution in [3.63, 3.8) is 0 Å². The lowest BCUT2D eigenvalue weighted by atomic mass is 9.89. The SMILES string of the molecule is CC(C)(C)[Si](C)(C)OC1CCC(N2CC(NC(=O)CNc3nn(C(=O)O)c4ccc(C(F)(F)F)cc34)C2)CC1. The van der Waals surface area contributed by atoms with Gasteiger partial charge in [0.1, 0.15) is 0 Å². The summed E-state index contributed by atoms with van der Waals surface area (Å²) in [6.45, 7) is 12.6. The first-order valence-corrected chi connectivity index (χ1v) is 16.2. The van der Waals surface area contributed by atoms with E-state index in [1.54, 1.807) is 0 Å². The molecule has 2 fully saturated rings. The fourth-order valence-corrected chi connectivity index (χ4v) is 6.46. The number of rotatable bonds is 7. The van der Waals surface area contributed by atoms with Crippen molar-refractivity contribution in [1.29, 1.82) is 0 Å². The van der Waals surface area contributed by atoms with Crippen LogP contribution in [0.25, 0.3) is 10.9 Å². The van der Waals surface area contributed by atoms with Crippen LogP contribution < -0.4 is 10.6 Å². The normalized spacial score (nSPS) is 21.5. The lowest BCUT2D eigenvalue weighted by molar-refractivity contribution is -0.137. The zero-order chi connectivity index (χ0) is 28.8. The predicted octanol–water partition coefficient (Wildman–Crippen LogP) is 5.13. The minimum absolute atomic E-state index is 0.00234. The molecule has 2 heterocycles. The Labute approximate surface area is 227 Å². The average molecular weight is 570 g/mol. The van der Waals surface area contributed by atoms with Crippen LogP contribution >= 0.6 is 0 Å². The molecule has 1 amide bonds. The van der Waals surface area contributed by atoms with E-state index in [0.717, 1.165) is 57.0 Å². The fraction of sp³-hybridized carbons (Fsp3) is 0.654. The Hall–Kier alpha value is -2.64. The molecule has 1 saturated carbocycles. The maximum Gasteiger partial charge on any atom is 0.432 e. The number of nitrogens with one attached hydrogen (secondary N) is 2. The molecule has 9 nitrogen and oxygen atoms in total. The topological polar surface area (TPSA) is 109 Å².